The van der Waals surface area contributed by atoms with E-state index in [-0.39, 0.29) is 29.7 Å². The summed E-state index contributed by atoms with van der Waals surface area (Å²) in [5.74, 6) is -5.49. The Labute approximate surface area is 197 Å². The summed E-state index contributed by atoms with van der Waals surface area (Å²) < 4.78 is 0. The van der Waals surface area contributed by atoms with Crippen LogP contribution in [0.5, 0.6) is 5.75 Å². The van der Waals surface area contributed by atoms with Crippen molar-refractivity contribution in [2.75, 3.05) is 0 Å². The third kappa shape index (κ3) is 3.43. The summed E-state index contributed by atoms with van der Waals surface area (Å²) in [4.78, 5) is 37.7. The minimum atomic E-state index is -2.53. The van der Waals surface area contributed by atoms with Crippen LogP contribution in [0.4, 0.5) is 0 Å². The summed E-state index contributed by atoms with van der Waals surface area (Å²) in [6.07, 6.45) is 4.00. The fourth-order valence-corrected chi connectivity index (χ4v) is 5.98. The zero-order valence-corrected chi connectivity index (χ0v) is 19.4. The normalized spacial score (nSPS) is 26.5. The number of rotatable bonds is 6. The molecule has 0 bridgehead atoms. The molecule has 1 saturated carbocycles. The van der Waals surface area contributed by atoms with Gasteiger partial charge in [-0.3, -0.25) is 14.4 Å². The number of amides is 1. The molecular weight excluding hydrogens is 438 g/mol. The molecule has 2 unspecified atom stereocenters. The average Bonchev–Trinajstić information content (AvgIpc) is 2.78. The van der Waals surface area contributed by atoms with Gasteiger partial charge in [0.1, 0.15) is 22.8 Å². The maximum atomic E-state index is 13.5. The van der Waals surface area contributed by atoms with Crippen molar-refractivity contribution in [3.8, 4) is 5.75 Å². The third-order valence-electron chi connectivity index (χ3n) is 8.02. The van der Waals surface area contributed by atoms with Gasteiger partial charge < -0.3 is 26.2 Å². The number of carbonyl (C=O) groups is 3. The quantitative estimate of drug-likeness (QED) is 0.401. The van der Waals surface area contributed by atoms with E-state index in [1.807, 2.05) is 6.07 Å². The molecule has 4 rings (SSSR count). The molecule has 8 heteroatoms. The van der Waals surface area contributed by atoms with E-state index < -0.39 is 52.0 Å². The first-order valence-corrected chi connectivity index (χ1v) is 11.9. The Hall–Kier alpha value is -3.13. The Kier molecular flexibility index (Phi) is 6.06. The van der Waals surface area contributed by atoms with E-state index in [2.05, 4.69) is 13.8 Å². The Morgan fingerprint density at radius 1 is 1.15 bits per heavy atom. The van der Waals surface area contributed by atoms with E-state index >= 15 is 0 Å². The molecule has 3 aliphatic carbocycles. The third-order valence-corrected chi connectivity index (χ3v) is 8.02. The molecule has 182 valence electrons. The number of aryl methyl sites for hydroxylation is 1. The van der Waals surface area contributed by atoms with Crippen LogP contribution in [0.1, 0.15) is 62.6 Å². The van der Waals surface area contributed by atoms with Crippen LogP contribution >= 0.6 is 0 Å². The number of nitrogens with two attached hydrogens (primary N) is 1. The molecule has 1 aromatic rings. The highest BCUT2D eigenvalue weighted by molar-refractivity contribution is 6.22. The van der Waals surface area contributed by atoms with Crippen molar-refractivity contribution in [3.63, 3.8) is 0 Å². The van der Waals surface area contributed by atoms with Gasteiger partial charge in [-0.1, -0.05) is 32.8 Å². The summed E-state index contributed by atoms with van der Waals surface area (Å²) in [5.41, 5.74) is 3.69. The SMILES string of the molecule is CCC(CC)CCc1ccc(O)c2c1CC1CC3CC(=O)C(C(N)=O)=C(O)[C@@]3(O)C(=O)C1=C2O. The average molecular weight is 470 g/mol. The van der Waals surface area contributed by atoms with Crippen molar-refractivity contribution in [1.82, 2.24) is 0 Å². The highest BCUT2D eigenvalue weighted by Crippen LogP contribution is 2.52. The van der Waals surface area contributed by atoms with Crippen molar-refractivity contribution < 1.29 is 34.8 Å². The number of phenolic OH excluding ortho intramolecular Hbond substituents is 1. The smallest absolute Gasteiger partial charge is 0.255 e. The number of carbonyl (C=O) groups excluding carboxylic acids is 3. The Morgan fingerprint density at radius 2 is 1.82 bits per heavy atom. The van der Waals surface area contributed by atoms with Gasteiger partial charge in [-0.05, 0) is 54.7 Å². The summed E-state index contributed by atoms with van der Waals surface area (Å²) in [6.45, 7) is 4.30. The Bertz CT molecular complexity index is 1140. The van der Waals surface area contributed by atoms with Gasteiger partial charge in [0.2, 0.25) is 5.78 Å². The van der Waals surface area contributed by atoms with Crippen molar-refractivity contribution in [1.29, 1.82) is 0 Å². The first-order valence-electron chi connectivity index (χ1n) is 11.9. The molecule has 1 fully saturated rings. The van der Waals surface area contributed by atoms with Crippen LogP contribution in [-0.2, 0) is 27.2 Å². The molecule has 0 spiro atoms. The Morgan fingerprint density at radius 3 is 2.44 bits per heavy atom. The zero-order valence-electron chi connectivity index (χ0n) is 19.4. The van der Waals surface area contributed by atoms with E-state index in [1.165, 1.54) is 6.07 Å². The number of hydrogen-bond acceptors (Lipinski definition) is 7. The van der Waals surface area contributed by atoms with Crippen LogP contribution in [0.25, 0.3) is 5.76 Å². The van der Waals surface area contributed by atoms with Crippen molar-refractivity contribution >= 4 is 23.2 Å². The summed E-state index contributed by atoms with van der Waals surface area (Å²) in [6, 6.07) is 3.33. The molecule has 0 heterocycles. The number of aliphatic hydroxyl groups excluding tert-OH is 2. The van der Waals surface area contributed by atoms with Crippen LogP contribution in [0, 0.1) is 17.8 Å². The minimum absolute atomic E-state index is 0.108. The standard InChI is InChI=1S/C26H31NO7/c1-3-12(4-2)5-6-13-7-8-17(28)20-16(13)10-14-9-15-11-18(29)21(25(27)33)24(32)26(15,34)23(31)19(14)22(20)30/h7-8,12,14-15,28,30,32,34H,3-6,9-11H2,1-2H3,(H2,27,33)/t14?,15?,26-/m0/s1. The van der Waals surface area contributed by atoms with Gasteiger partial charge in [0, 0.05) is 17.9 Å². The lowest BCUT2D eigenvalue weighted by atomic mass is 9.59. The number of ketones is 2. The van der Waals surface area contributed by atoms with Gasteiger partial charge >= 0.3 is 0 Å². The molecule has 1 aromatic carbocycles. The van der Waals surface area contributed by atoms with E-state index in [4.69, 9.17) is 5.73 Å². The fourth-order valence-electron chi connectivity index (χ4n) is 5.98. The van der Waals surface area contributed by atoms with Crippen LogP contribution in [0.2, 0.25) is 0 Å². The number of aromatic hydroxyl groups is 1. The van der Waals surface area contributed by atoms with Crippen molar-refractivity contribution in [2.24, 2.45) is 23.5 Å². The maximum Gasteiger partial charge on any atom is 0.255 e. The minimum Gasteiger partial charge on any atom is -0.508 e. The fraction of sp³-hybridized carbons (Fsp3) is 0.500. The number of phenols is 1. The van der Waals surface area contributed by atoms with Gasteiger partial charge in [-0.25, -0.2) is 0 Å². The molecule has 3 aliphatic rings. The number of primary amides is 1. The molecule has 0 aliphatic heterocycles. The molecular formula is C26H31NO7. The molecule has 1 amide bonds. The highest BCUT2D eigenvalue weighted by Gasteiger charge is 2.60. The number of hydrogen-bond donors (Lipinski definition) is 5. The number of fused-ring (bicyclic) bond motifs is 3. The predicted octanol–water partition coefficient (Wildman–Crippen LogP) is 2.79. The molecule has 0 aromatic heterocycles. The number of Topliss-reactive ketones (excluding diaryl/α,β-unsaturated/α-hetero) is 2. The van der Waals surface area contributed by atoms with Gasteiger partial charge in [-0.2, -0.15) is 0 Å². The second-order valence-electron chi connectivity index (χ2n) is 9.73. The summed E-state index contributed by atoms with van der Waals surface area (Å²) in [7, 11) is 0. The Balaban J connectivity index is 1.81. The van der Waals surface area contributed by atoms with Crippen LogP contribution in [0.15, 0.2) is 29.0 Å². The lowest BCUT2D eigenvalue weighted by molar-refractivity contribution is -0.147. The van der Waals surface area contributed by atoms with Crippen molar-refractivity contribution in [3.05, 3.63) is 45.7 Å². The second kappa shape index (κ2) is 8.58. The largest absolute Gasteiger partial charge is 0.508 e. The first kappa shape index (κ1) is 24.0. The topological polar surface area (TPSA) is 158 Å². The number of benzene rings is 1. The van der Waals surface area contributed by atoms with Gasteiger partial charge in [0.15, 0.2) is 11.4 Å². The van der Waals surface area contributed by atoms with Crippen LogP contribution < -0.4 is 5.73 Å². The zero-order chi connectivity index (χ0) is 24.9. The van der Waals surface area contributed by atoms with Crippen molar-refractivity contribution in [2.45, 2.75) is 64.4 Å². The van der Waals surface area contributed by atoms with Gasteiger partial charge in [-0.15, -0.1) is 0 Å². The molecule has 34 heavy (non-hydrogen) atoms. The lowest BCUT2D eigenvalue weighted by Gasteiger charge is -2.46. The summed E-state index contributed by atoms with van der Waals surface area (Å²) >= 11 is 0. The van der Waals surface area contributed by atoms with E-state index in [1.54, 1.807) is 0 Å². The predicted molar refractivity (Wildman–Crippen MR) is 124 cm³/mol. The van der Waals surface area contributed by atoms with Crippen LogP contribution in [-0.4, -0.2) is 43.5 Å². The van der Waals surface area contributed by atoms with E-state index in [0.29, 0.717) is 12.3 Å². The van der Waals surface area contributed by atoms with E-state index in [9.17, 15) is 34.8 Å². The molecule has 0 saturated heterocycles. The first-order chi connectivity index (χ1) is 16.1. The highest BCUT2D eigenvalue weighted by atomic mass is 16.3. The second-order valence-corrected chi connectivity index (χ2v) is 9.73. The summed E-state index contributed by atoms with van der Waals surface area (Å²) in [5, 5.41) is 43.6. The molecule has 3 atom stereocenters. The molecule has 0 radical (unpaired) electrons. The molecule has 6 N–H and O–H groups in total. The molecule has 8 nitrogen and oxygen atoms in total. The monoisotopic (exact) mass is 469 g/mol. The van der Waals surface area contributed by atoms with Crippen LogP contribution in [0.3, 0.4) is 0 Å². The van der Waals surface area contributed by atoms with E-state index in [0.717, 1.165) is 36.8 Å². The maximum absolute atomic E-state index is 13.5. The van der Waals surface area contributed by atoms with Gasteiger partial charge in [0.25, 0.3) is 5.91 Å². The number of aliphatic hydroxyl groups is 3. The lowest BCUT2D eigenvalue weighted by Crippen LogP contribution is -2.58. The van der Waals surface area contributed by atoms with Gasteiger partial charge in [0.05, 0.1) is 5.56 Å².